The zero-order chi connectivity index (χ0) is 39.6. The monoisotopic (exact) mass is 790 g/mol. The summed E-state index contributed by atoms with van der Waals surface area (Å²) in [5, 5.41) is 9.00. The fourth-order valence-corrected chi connectivity index (χ4v) is 6.76. The zero-order valence-corrected chi connectivity index (χ0v) is 31.6. The molecule has 0 spiro atoms. The van der Waals surface area contributed by atoms with E-state index < -0.39 is 23.8 Å². The number of aromatic amines is 1. The Morgan fingerprint density at radius 3 is 2.52 bits per heavy atom. The van der Waals surface area contributed by atoms with Crippen LogP contribution in [-0.2, 0) is 29.3 Å². The highest BCUT2D eigenvalue weighted by molar-refractivity contribution is 6.30. The largest absolute Gasteiger partial charge is 0.447 e. The van der Waals surface area contributed by atoms with Crippen molar-refractivity contribution in [3.8, 4) is 11.5 Å². The first kappa shape index (κ1) is 38.8. The highest BCUT2D eigenvalue weighted by atomic mass is 35.5. The highest BCUT2D eigenvalue weighted by Crippen LogP contribution is 2.46. The molecule has 2 aromatic heterocycles. The van der Waals surface area contributed by atoms with Crippen molar-refractivity contribution in [2.45, 2.75) is 45.7 Å². The molecular weight excluding hydrogens is 752 g/mol. The molecule has 15 heteroatoms. The average Bonchev–Trinajstić information content (AvgIpc) is 3.82. The molecule has 1 atom stereocenters. The van der Waals surface area contributed by atoms with Crippen molar-refractivity contribution in [2.24, 2.45) is 7.05 Å². The smallest absolute Gasteiger partial charge is 0.418 e. The van der Waals surface area contributed by atoms with Crippen LogP contribution >= 0.6 is 11.6 Å². The molecule has 1 fully saturated rings. The summed E-state index contributed by atoms with van der Waals surface area (Å²) < 4.78 is 71.7. The number of anilines is 1. The van der Waals surface area contributed by atoms with Gasteiger partial charge in [0.1, 0.15) is 17.2 Å². The molecule has 3 aliphatic heterocycles. The number of aryl methyl sites for hydroxylation is 3. The third kappa shape index (κ3) is 8.37. The van der Waals surface area contributed by atoms with Gasteiger partial charge in [0.25, 0.3) is 6.29 Å². The Labute approximate surface area is 325 Å². The van der Waals surface area contributed by atoms with Gasteiger partial charge in [-0.3, -0.25) is 14.8 Å². The number of hydrogen-bond donors (Lipinski definition) is 2. The first-order chi connectivity index (χ1) is 26.9. The van der Waals surface area contributed by atoms with Crippen molar-refractivity contribution in [3.63, 3.8) is 0 Å². The number of halogens is 5. The lowest BCUT2D eigenvalue weighted by Crippen LogP contribution is -2.29. The van der Waals surface area contributed by atoms with Gasteiger partial charge in [-0.15, -0.1) is 0 Å². The van der Waals surface area contributed by atoms with E-state index >= 15 is 0 Å². The van der Waals surface area contributed by atoms with E-state index in [0.717, 1.165) is 67.8 Å². The molecule has 5 heterocycles. The number of ether oxygens (including phenoxy) is 3. The molecule has 4 aromatic carbocycles. The van der Waals surface area contributed by atoms with E-state index in [0.29, 0.717) is 39.6 Å². The summed E-state index contributed by atoms with van der Waals surface area (Å²) in [6, 6.07) is 19.1. The van der Waals surface area contributed by atoms with E-state index in [2.05, 4.69) is 63.2 Å². The minimum Gasteiger partial charge on any atom is -0.447 e. The number of benzene rings is 4. The first-order valence-electron chi connectivity index (χ1n) is 18.0. The standard InChI is InChI=1S/C28H25ClFN3O2.C10H8F3N3O.C3H6O/c1-17-6-9-24-23(14-17)31-26(32(24)2)16-33-12-10-18(11-13-33)20-4-3-5-25-27(20)35-28(34-25)21-8-7-19(29)15-22(21)30;1-5-7-2-6(14-4-17)3-8(10(11,12)13)9(7)16-15-5;1-2-4-3-1/h3-10,14-15,28H,11-13,16H2,1-2H3;2-4H,1H3,(H,14,17)(H,15,16);1-3H2. The summed E-state index contributed by atoms with van der Waals surface area (Å²) in [7, 11) is 2.08. The molecule has 3 aliphatic rings. The molecule has 0 bridgehead atoms. The lowest BCUT2D eigenvalue weighted by atomic mass is 9.98. The van der Waals surface area contributed by atoms with Crippen LogP contribution in [0.25, 0.3) is 27.5 Å². The number of carbonyl (C=O) groups excluding carboxylic acids is 1. The topological polar surface area (TPSA) is 107 Å². The maximum atomic E-state index is 14.5. The summed E-state index contributed by atoms with van der Waals surface area (Å²) in [5.74, 6) is 1.91. The second-order valence-corrected chi connectivity index (χ2v) is 14.1. The van der Waals surface area contributed by atoms with Gasteiger partial charge in [0.05, 0.1) is 28.7 Å². The molecule has 1 amide bonds. The minimum atomic E-state index is -4.51. The number of fused-ring (bicyclic) bond motifs is 3. The van der Waals surface area contributed by atoms with Gasteiger partial charge in [-0.25, -0.2) is 9.37 Å². The highest BCUT2D eigenvalue weighted by Gasteiger charge is 2.35. The number of para-hydroxylation sites is 1. The van der Waals surface area contributed by atoms with Gasteiger partial charge in [-0.05, 0) is 86.4 Å². The maximum absolute atomic E-state index is 14.5. The summed E-state index contributed by atoms with van der Waals surface area (Å²) in [6.45, 7) is 8.22. The van der Waals surface area contributed by atoms with Crippen molar-refractivity contribution in [1.82, 2.24) is 24.6 Å². The summed E-state index contributed by atoms with van der Waals surface area (Å²) in [5.41, 5.74) is 5.53. The van der Waals surface area contributed by atoms with Gasteiger partial charge in [0.15, 0.2) is 11.5 Å². The van der Waals surface area contributed by atoms with Crippen molar-refractivity contribution in [1.29, 1.82) is 0 Å². The molecular formula is C41H39ClF4N6O4. The number of imidazole rings is 1. The number of alkyl halides is 3. The van der Waals surface area contributed by atoms with Crippen LogP contribution in [0.1, 0.15) is 52.9 Å². The van der Waals surface area contributed by atoms with E-state index in [1.54, 1.807) is 19.1 Å². The Morgan fingerprint density at radius 1 is 1.05 bits per heavy atom. The SMILES string of the molecule is C1COC1.Cc1[nH]nc2c(C(F)(F)F)cc(NC=O)cc12.Cc1ccc2c(c1)nc(CN1CC=C(c3cccc4c3OC(c3ccc(Cl)cc3F)O4)CC1)n2C. The van der Waals surface area contributed by atoms with Crippen molar-refractivity contribution in [2.75, 3.05) is 31.6 Å². The average molecular weight is 791 g/mol. The molecule has 1 unspecified atom stereocenters. The van der Waals surface area contributed by atoms with E-state index in [9.17, 15) is 22.4 Å². The van der Waals surface area contributed by atoms with Crippen LogP contribution in [0.5, 0.6) is 11.5 Å². The Hall–Kier alpha value is -5.44. The van der Waals surface area contributed by atoms with E-state index in [1.165, 1.54) is 29.7 Å². The first-order valence-corrected chi connectivity index (χ1v) is 18.4. The zero-order valence-electron chi connectivity index (χ0n) is 30.8. The van der Waals surface area contributed by atoms with Crippen LogP contribution in [0.2, 0.25) is 5.02 Å². The van der Waals surface area contributed by atoms with E-state index in [4.69, 9.17) is 30.8 Å². The van der Waals surface area contributed by atoms with Crippen LogP contribution in [-0.4, -0.2) is 57.4 Å². The second-order valence-electron chi connectivity index (χ2n) is 13.7. The lowest BCUT2D eigenvalue weighted by molar-refractivity contribution is -0.136. The molecule has 10 nitrogen and oxygen atoms in total. The molecule has 2 N–H and O–H groups in total. The number of hydrogen-bond acceptors (Lipinski definition) is 7. The van der Waals surface area contributed by atoms with Gasteiger partial charge in [-0.1, -0.05) is 35.9 Å². The third-order valence-electron chi connectivity index (χ3n) is 9.75. The van der Waals surface area contributed by atoms with Gasteiger partial charge in [0.2, 0.25) is 6.41 Å². The van der Waals surface area contributed by atoms with E-state index in [1.807, 2.05) is 18.2 Å². The number of aromatic nitrogens is 4. The molecule has 56 heavy (non-hydrogen) atoms. The molecule has 0 aliphatic carbocycles. The summed E-state index contributed by atoms with van der Waals surface area (Å²) in [4.78, 5) is 17.5. The fraction of sp³-hybridized carbons (Fsp3) is 0.293. The van der Waals surface area contributed by atoms with Crippen molar-refractivity contribution in [3.05, 3.63) is 117 Å². The summed E-state index contributed by atoms with van der Waals surface area (Å²) in [6.07, 6.45) is -0.615. The minimum absolute atomic E-state index is 0.0873. The number of rotatable bonds is 6. The third-order valence-corrected chi connectivity index (χ3v) is 9.98. The Kier molecular flexibility index (Phi) is 11.3. The Morgan fingerprint density at radius 2 is 1.84 bits per heavy atom. The van der Waals surface area contributed by atoms with Crippen LogP contribution in [0, 0.1) is 19.7 Å². The fourth-order valence-electron chi connectivity index (χ4n) is 6.60. The summed E-state index contributed by atoms with van der Waals surface area (Å²) >= 11 is 5.90. The molecule has 0 radical (unpaired) electrons. The van der Waals surface area contributed by atoms with Crippen LogP contribution in [0.15, 0.2) is 72.8 Å². The molecule has 1 saturated heterocycles. The number of amides is 1. The Balaban J connectivity index is 0.000000189. The molecule has 0 saturated carbocycles. The molecule has 6 aromatic rings. The van der Waals surface area contributed by atoms with Gasteiger partial charge >= 0.3 is 6.18 Å². The van der Waals surface area contributed by atoms with E-state index in [-0.39, 0.29) is 11.2 Å². The van der Waals surface area contributed by atoms with Crippen molar-refractivity contribution < 1.29 is 36.6 Å². The maximum Gasteiger partial charge on any atom is 0.418 e. The van der Waals surface area contributed by atoms with Gasteiger partial charge in [0, 0.05) is 60.7 Å². The normalized spacial score (nSPS) is 16.4. The van der Waals surface area contributed by atoms with Gasteiger partial charge in [-0.2, -0.15) is 18.3 Å². The van der Waals surface area contributed by atoms with Crippen LogP contribution in [0.3, 0.4) is 0 Å². The Bertz CT molecular complexity index is 2420. The van der Waals surface area contributed by atoms with Gasteiger partial charge < -0.3 is 24.1 Å². The number of nitrogens with one attached hydrogen (secondary N) is 2. The molecule has 9 rings (SSSR count). The quantitative estimate of drug-likeness (QED) is 0.128. The predicted octanol–water partition coefficient (Wildman–Crippen LogP) is 9.30. The number of H-pyrrole nitrogens is 1. The van der Waals surface area contributed by atoms with Crippen molar-refractivity contribution >= 4 is 51.2 Å². The molecule has 292 valence electrons. The second kappa shape index (κ2) is 16.3. The van der Waals surface area contributed by atoms with Crippen LogP contribution in [0.4, 0.5) is 23.2 Å². The number of carbonyl (C=O) groups is 1. The lowest BCUT2D eigenvalue weighted by Gasteiger charge is -2.26. The van der Waals surface area contributed by atoms with Crippen LogP contribution < -0.4 is 14.8 Å². The number of nitrogens with zero attached hydrogens (tertiary/aromatic N) is 4. The predicted molar refractivity (Wildman–Crippen MR) is 206 cm³/mol.